The molecule has 0 aliphatic carbocycles. The topological polar surface area (TPSA) is 41.1 Å². The third-order valence-electron chi connectivity index (χ3n) is 5.23. The number of amides is 2. The highest BCUT2D eigenvalue weighted by molar-refractivity contribution is 5.90. The van der Waals surface area contributed by atoms with E-state index < -0.39 is 0 Å². The van der Waals surface area contributed by atoms with E-state index in [-0.39, 0.29) is 11.9 Å². The summed E-state index contributed by atoms with van der Waals surface area (Å²) in [7, 11) is 0. The van der Waals surface area contributed by atoms with Gasteiger partial charge in [-0.05, 0) is 48.1 Å². The van der Waals surface area contributed by atoms with Crippen LogP contribution in [0.3, 0.4) is 0 Å². The molecule has 0 unspecified atom stereocenters. The highest BCUT2D eigenvalue weighted by atomic mass is 16.2. The molecular formula is C26H30N2O. The summed E-state index contributed by atoms with van der Waals surface area (Å²) in [5.74, 6) is 0.112. The second kappa shape index (κ2) is 10.5. The molecule has 0 saturated carbocycles. The first-order chi connectivity index (χ1) is 14.2. The van der Waals surface area contributed by atoms with E-state index in [2.05, 4.69) is 54.0 Å². The van der Waals surface area contributed by atoms with Crippen LogP contribution in [0.2, 0.25) is 0 Å². The van der Waals surface area contributed by atoms with E-state index in [9.17, 15) is 4.79 Å². The van der Waals surface area contributed by atoms with Gasteiger partial charge in [0.15, 0.2) is 0 Å². The van der Waals surface area contributed by atoms with Crippen LogP contribution in [-0.2, 0) is 6.42 Å². The Kier molecular flexibility index (Phi) is 7.46. The second-order valence-corrected chi connectivity index (χ2v) is 7.46. The fraction of sp³-hybridized carbons (Fsp3) is 0.269. The van der Waals surface area contributed by atoms with Gasteiger partial charge in [-0.15, -0.1) is 0 Å². The molecule has 0 aliphatic heterocycles. The Morgan fingerprint density at radius 2 is 1.52 bits per heavy atom. The molecule has 3 rings (SSSR count). The first kappa shape index (κ1) is 20.7. The van der Waals surface area contributed by atoms with Crippen molar-refractivity contribution in [2.45, 2.75) is 39.0 Å². The summed E-state index contributed by atoms with van der Waals surface area (Å²) in [5, 5.41) is 6.06. The van der Waals surface area contributed by atoms with Crippen LogP contribution in [-0.4, -0.2) is 12.6 Å². The fourth-order valence-corrected chi connectivity index (χ4v) is 3.56. The zero-order valence-electron chi connectivity index (χ0n) is 17.3. The summed E-state index contributed by atoms with van der Waals surface area (Å²) >= 11 is 0. The molecule has 0 bridgehead atoms. The van der Waals surface area contributed by atoms with E-state index in [0.717, 1.165) is 17.7 Å². The largest absolute Gasteiger partial charge is 0.337 e. The fourth-order valence-electron chi connectivity index (χ4n) is 3.56. The van der Waals surface area contributed by atoms with E-state index in [1.807, 2.05) is 49.4 Å². The maximum atomic E-state index is 12.6. The third-order valence-corrected chi connectivity index (χ3v) is 5.23. The monoisotopic (exact) mass is 386 g/mol. The zero-order valence-corrected chi connectivity index (χ0v) is 17.3. The first-order valence-corrected chi connectivity index (χ1v) is 10.4. The van der Waals surface area contributed by atoms with E-state index in [4.69, 9.17) is 0 Å². The van der Waals surface area contributed by atoms with E-state index in [0.29, 0.717) is 6.54 Å². The molecule has 3 aromatic rings. The van der Waals surface area contributed by atoms with Gasteiger partial charge in [-0.1, -0.05) is 86.1 Å². The molecule has 150 valence electrons. The van der Waals surface area contributed by atoms with Crippen LogP contribution in [0, 0.1) is 6.92 Å². The van der Waals surface area contributed by atoms with Gasteiger partial charge in [-0.25, -0.2) is 4.79 Å². The summed E-state index contributed by atoms with van der Waals surface area (Å²) < 4.78 is 0. The van der Waals surface area contributed by atoms with Crippen LogP contribution in [0.5, 0.6) is 0 Å². The molecule has 29 heavy (non-hydrogen) atoms. The van der Waals surface area contributed by atoms with Crippen LogP contribution >= 0.6 is 0 Å². The molecule has 0 heterocycles. The van der Waals surface area contributed by atoms with Gasteiger partial charge >= 0.3 is 6.03 Å². The Balaban J connectivity index is 1.65. The Hall–Kier alpha value is -3.07. The quantitative estimate of drug-likeness (QED) is 0.469. The number of rotatable bonds is 8. The molecule has 0 saturated heterocycles. The van der Waals surface area contributed by atoms with Gasteiger partial charge in [-0.2, -0.15) is 0 Å². The molecule has 0 atom stereocenters. The zero-order chi connectivity index (χ0) is 20.5. The molecule has 3 heteroatoms. The average Bonchev–Trinajstić information content (AvgIpc) is 2.75. The van der Waals surface area contributed by atoms with Gasteiger partial charge < -0.3 is 10.6 Å². The number of hydrogen-bond acceptors (Lipinski definition) is 1. The Labute approximate surface area is 174 Å². The van der Waals surface area contributed by atoms with Gasteiger partial charge in [0.1, 0.15) is 0 Å². The van der Waals surface area contributed by atoms with Crippen LogP contribution < -0.4 is 10.6 Å². The van der Waals surface area contributed by atoms with Crippen molar-refractivity contribution in [2.75, 3.05) is 11.9 Å². The molecular weight excluding hydrogens is 356 g/mol. The predicted molar refractivity (Wildman–Crippen MR) is 122 cm³/mol. The summed E-state index contributed by atoms with van der Waals surface area (Å²) in [4.78, 5) is 12.6. The average molecular weight is 387 g/mol. The molecule has 3 aromatic carbocycles. The number of hydrogen-bond donors (Lipinski definition) is 2. The lowest BCUT2D eigenvalue weighted by Gasteiger charge is -2.19. The van der Waals surface area contributed by atoms with Crippen molar-refractivity contribution in [3.05, 3.63) is 101 Å². The Morgan fingerprint density at radius 3 is 2.07 bits per heavy atom. The lowest BCUT2D eigenvalue weighted by molar-refractivity contribution is 0.252. The number of aryl methyl sites for hydroxylation is 2. The van der Waals surface area contributed by atoms with Crippen molar-refractivity contribution in [1.82, 2.24) is 5.32 Å². The first-order valence-electron chi connectivity index (χ1n) is 10.4. The molecule has 3 nitrogen and oxygen atoms in total. The molecule has 2 amide bonds. The van der Waals surface area contributed by atoms with Crippen LogP contribution in [0.1, 0.15) is 47.9 Å². The summed E-state index contributed by atoms with van der Waals surface area (Å²) in [5.41, 5.74) is 5.66. The van der Waals surface area contributed by atoms with Crippen LogP contribution in [0.15, 0.2) is 78.9 Å². The number of anilines is 1. The number of carbonyl (C=O) groups excluding carboxylic acids is 1. The number of nitrogens with one attached hydrogen (secondary N) is 2. The minimum Gasteiger partial charge on any atom is -0.337 e. The SMILES string of the molecule is CCCCc1ccc(NC(=O)NCC(c2ccccc2)c2ccccc2)c(C)c1. The van der Waals surface area contributed by atoms with Gasteiger partial charge in [0, 0.05) is 18.2 Å². The molecule has 2 N–H and O–H groups in total. The number of carbonyl (C=O) groups is 1. The summed E-state index contributed by atoms with van der Waals surface area (Å²) in [6.45, 7) is 4.78. The van der Waals surface area contributed by atoms with Crippen molar-refractivity contribution >= 4 is 11.7 Å². The van der Waals surface area contributed by atoms with Gasteiger partial charge in [-0.3, -0.25) is 0 Å². The highest BCUT2D eigenvalue weighted by Crippen LogP contribution is 2.24. The van der Waals surface area contributed by atoms with Gasteiger partial charge in [0.2, 0.25) is 0 Å². The number of benzene rings is 3. The Bertz CT molecular complexity index is 867. The van der Waals surface area contributed by atoms with Crippen molar-refractivity contribution < 1.29 is 4.79 Å². The standard InChI is InChI=1S/C26H30N2O/c1-3-4-11-21-16-17-25(20(2)18-21)28-26(29)27-19-24(22-12-7-5-8-13-22)23-14-9-6-10-15-23/h5-10,12-18,24H,3-4,11,19H2,1-2H3,(H2,27,28,29). The number of urea groups is 1. The van der Waals surface area contributed by atoms with Gasteiger partial charge in [0.05, 0.1) is 0 Å². The maximum Gasteiger partial charge on any atom is 0.319 e. The molecule has 0 spiro atoms. The van der Waals surface area contributed by atoms with Crippen molar-refractivity contribution in [2.24, 2.45) is 0 Å². The van der Waals surface area contributed by atoms with Crippen molar-refractivity contribution in [1.29, 1.82) is 0 Å². The van der Waals surface area contributed by atoms with Gasteiger partial charge in [0.25, 0.3) is 0 Å². The van der Waals surface area contributed by atoms with Crippen molar-refractivity contribution in [3.8, 4) is 0 Å². The molecule has 0 aromatic heterocycles. The smallest absolute Gasteiger partial charge is 0.319 e. The molecule has 0 radical (unpaired) electrons. The van der Waals surface area contributed by atoms with E-state index in [1.165, 1.54) is 29.5 Å². The second-order valence-electron chi connectivity index (χ2n) is 7.46. The normalized spacial score (nSPS) is 10.7. The maximum absolute atomic E-state index is 12.6. The minimum absolute atomic E-state index is 0.112. The predicted octanol–water partition coefficient (Wildman–Crippen LogP) is 6.29. The highest BCUT2D eigenvalue weighted by Gasteiger charge is 2.15. The van der Waals surface area contributed by atoms with Crippen molar-refractivity contribution in [3.63, 3.8) is 0 Å². The summed E-state index contributed by atoms with van der Waals surface area (Å²) in [6, 6.07) is 26.7. The number of unbranched alkanes of at least 4 members (excludes halogenated alkanes) is 1. The summed E-state index contributed by atoms with van der Waals surface area (Å²) in [6.07, 6.45) is 3.46. The van der Waals surface area contributed by atoms with E-state index in [1.54, 1.807) is 0 Å². The van der Waals surface area contributed by atoms with E-state index >= 15 is 0 Å². The lowest BCUT2D eigenvalue weighted by Crippen LogP contribution is -2.33. The molecule has 0 fully saturated rings. The minimum atomic E-state index is -0.175. The van der Waals surface area contributed by atoms with Crippen LogP contribution in [0.25, 0.3) is 0 Å². The Morgan fingerprint density at radius 1 is 0.897 bits per heavy atom. The van der Waals surface area contributed by atoms with Crippen LogP contribution in [0.4, 0.5) is 10.5 Å². The lowest BCUT2D eigenvalue weighted by atomic mass is 9.91. The molecule has 0 aliphatic rings. The third kappa shape index (κ3) is 5.95.